The molecular formula is C9H7ClN2O. The van der Waals surface area contributed by atoms with Crippen LogP contribution in [-0.4, -0.2) is 16.1 Å². The number of benzene rings is 1. The normalized spacial score (nSPS) is 10.6. The SMILES string of the molecule is Cn1cc2cc(C=O)cc(Cl)c2n1. The number of carbonyl (C=O) groups excluding carboxylic acids is 1. The number of fused-ring (bicyclic) bond motifs is 1. The number of hydrogen-bond acceptors (Lipinski definition) is 2. The Kier molecular flexibility index (Phi) is 1.81. The molecule has 0 aliphatic heterocycles. The summed E-state index contributed by atoms with van der Waals surface area (Å²) in [6, 6.07) is 3.38. The number of halogens is 1. The van der Waals surface area contributed by atoms with E-state index in [0.717, 1.165) is 17.2 Å². The molecule has 0 unspecified atom stereocenters. The van der Waals surface area contributed by atoms with E-state index in [1.165, 1.54) is 0 Å². The van der Waals surface area contributed by atoms with Crippen molar-refractivity contribution < 1.29 is 4.79 Å². The van der Waals surface area contributed by atoms with Gasteiger partial charge in [-0.1, -0.05) is 11.6 Å². The van der Waals surface area contributed by atoms with E-state index in [0.29, 0.717) is 10.6 Å². The van der Waals surface area contributed by atoms with Gasteiger partial charge in [0.2, 0.25) is 0 Å². The van der Waals surface area contributed by atoms with Crippen molar-refractivity contribution in [2.75, 3.05) is 0 Å². The van der Waals surface area contributed by atoms with Gasteiger partial charge < -0.3 is 0 Å². The first kappa shape index (κ1) is 8.26. The number of rotatable bonds is 1. The molecule has 0 bridgehead atoms. The van der Waals surface area contributed by atoms with E-state index in [2.05, 4.69) is 5.10 Å². The Hall–Kier alpha value is -1.35. The first-order valence-corrected chi connectivity index (χ1v) is 4.16. The summed E-state index contributed by atoms with van der Waals surface area (Å²) in [4.78, 5) is 10.5. The highest BCUT2D eigenvalue weighted by atomic mass is 35.5. The maximum Gasteiger partial charge on any atom is 0.150 e. The molecule has 0 amide bonds. The highest BCUT2D eigenvalue weighted by Crippen LogP contribution is 2.22. The summed E-state index contributed by atoms with van der Waals surface area (Å²) >= 11 is 5.92. The van der Waals surface area contributed by atoms with E-state index in [9.17, 15) is 4.79 Å². The molecule has 66 valence electrons. The Balaban J connectivity index is 2.82. The van der Waals surface area contributed by atoms with Crippen molar-refractivity contribution in [1.82, 2.24) is 9.78 Å². The topological polar surface area (TPSA) is 34.9 Å². The van der Waals surface area contributed by atoms with Crippen LogP contribution in [0.25, 0.3) is 10.9 Å². The minimum Gasteiger partial charge on any atom is -0.298 e. The molecule has 2 rings (SSSR count). The standard InChI is InChI=1S/C9H7ClN2O/c1-12-4-7-2-6(5-13)3-8(10)9(7)11-12/h2-5H,1H3. The van der Waals surface area contributed by atoms with Gasteiger partial charge >= 0.3 is 0 Å². The summed E-state index contributed by atoms with van der Waals surface area (Å²) < 4.78 is 1.67. The predicted molar refractivity (Wildman–Crippen MR) is 51.1 cm³/mol. The lowest BCUT2D eigenvalue weighted by Crippen LogP contribution is -1.85. The smallest absolute Gasteiger partial charge is 0.150 e. The van der Waals surface area contributed by atoms with Crippen LogP contribution in [0.5, 0.6) is 0 Å². The van der Waals surface area contributed by atoms with Crippen molar-refractivity contribution in [3.05, 3.63) is 28.9 Å². The highest BCUT2D eigenvalue weighted by molar-refractivity contribution is 6.35. The molecule has 0 radical (unpaired) electrons. The van der Waals surface area contributed by atoms with Crippen molar-refractivity contribution in [3.8, 4) is 0 Å². The van der Waals surface area contributed by atoms with Crippen LogP contribution in [0.3, 0.4) is 0 Å². The van der Waals surface area contributed by atoms with Gasteiger partial charge in [0.15, 0.2) is 0 Å². The summed E-state index contributed by atoms with van der Waals surface area (Å²) in [6.45, 7) is 0. The Morgan fingerprint density at radius 2 is 2.31 bits per heavy atom. The lowest BCUT2D eigenvalue weighted by molar-refractivity contribution is 0.112. The molecule has 0 saturated carbocycles. The van der Waals surface area contributed by atoms with Crippen LogP contribution >= 0.6 is 11.6 Å². The van der Waals surface area contributed by atoms with Gasteiger partial charge in [0.25, 0.3) is 0 Å². The maximum atomic E-state index is 10.5. The van der Waals surface area contributed by atoms with Gasteiger partial charge in [-0.05, 0) is 12.1 Å². The van der Waals surface area contributed by atoms with Crippen LogP contribution in [0.4, 0.5) is 0 Å². The molecule has 3 nitrogen and oxygen atoms in total. The number of aromatic nitrogens is 2. The van der Waals surface area contributed by atoms with Crippen LogP contribution in [0.1, 0.15) is 10.4 Å². The van der Waals surface area contributed by atoms with Crippen molar-refractivity contribution in [2.45, 2.75) is 0 Å². The molecule has 1 heterocycles. The first-order chi connectivity index (χ1) is 6.20. The monoisotopic (exact) mass is 194 g/mol. The van der Waals surface area contributed by atoms with E-state index in [-0.39, 0.29) is 0 Å². The van der Waals surface area contributed by atoms with Crippen molar-refractivity contribution in [2.24, 2.45) is 7.05 Å². The van der Waals surface area contributed by atoms with Gasteiger partial charge in [0, 0.05) is 24.2 Å². The molecule has 0 atom stereocenters. The van der Waals surface area contributed by atoms with E-state index < -0.39 is 0 Å². The Morgan fingerprint density at radius 3 is 3.00 bits per heavy atom. The second-order valence-corrected chi connectivity index (χ2v) is 3.27. The van der Waals surface area contributed by atoms with Gasteiger partial charge in [0.05, 0.1) is 5.02 Å². The van der Waals surface area contributed by atoms with Gasteiger partial charge in [-0.2, -0.15) is 5.10 Å². The molecule has 0 saturated heterocycles. The summed E-state index contributed by atoms with van der Waals surface area (Å²) in [5, 5.41) is 5.56. The molecule has 0 fully saturated rings. The third-order valence-corrected chi connectivity index (χ3v) is 2.12. The average molecular weight is 195 g/mol. The fourth-order valence-corrected chi connectivity index (χ4v) is 1.57. The molecule has 0 spiro atoms. The minimum atomic E-state index is 0.514. The summed E-state index contributed by atoms with van der Waals surface area (Å²) in [5.74, 6) is 0. The van der Waals surface area contributed by atoms with Crippen LogP contribution in [-0.2, 0) is 7.05 Å². The molecule has 0 N–H and O–H groups in total. The second-order valence-electron chi connectivity index (χ2n) is 2.86. The van der Waals surface area contributed by atoms with E-state index in [1.807, 2.05) is 13.2 Å². The molecular weight excluding hydrogens is 188 g/mol. The Morgan fingerprint density at radius 1 is 1.54 bits per heavy atom. The molecule has 1 aromatic carbocycles. The Bertz CT molecular complexity index is 476. The fourth-order valence-electron chi connectivity index (χ4n) is 1.30. The van der Waals surface area contributed by atoms with E-state index in [1.54, 1.807) is 16.8 Å². The van der Waals surface area contributed by atoms with Crippen LogP contribution < -0.4 is 0 Å². The molecule has 2 aromatic rings. The van der Waals surface area contributed by atoms with Crippen LogP contribution in [0.15, 0.2) is 18.3 Å². The van der Waals surface area contributed by atoms with Gasteiger partial charge in [-0.15, -0.1) is 0 Å². The summed E-state index contributed by atoms with van der Waals surface area (Å²) in [7, 11) is 1.82. The third-order valence-electron chi connectivity index (χ3n) is 1.83. The first-order valence-electron chi connectivity index (χ1n) is 3.79. The van der Waals surface area contributed by atoms with Crippen LogP contribution in [0, 0.1) is 0 Å². The van der Waals surface area contributed by atoms with Crippen molar-refractivity contribution in [3.63, 3.8) is 0 Å². The zero-order valence-electron chi connectivity index (χ0n) is 6.99. The zero-order valence-corrected chi connectivity index (χ0v) is 7.75. The number of aldehydes is 1. The molecule has 0 aliphatic rings. The number of nitrogens with zero attached hydrogens (tertiary/aromatic N) is 2. The molecule has 0 aliphatic carbocycles. The maximum absolute atomic E-state index is 10.5. The van der Waals surface area contributed by atoms with Crippen LogP contribution in [0.2, 0.25) is 5.02 Å². The molecule has 1 aromatic heterocycles. The lowest BCUT2D eigenvalue weighted by atomic mass is 10.2. The van der Waals surface area contributed by atoms with E-state index in [4.69, 9.17) is 11.6 Å². The predicted octanol–water partition coefficient (Wildman–Crippen LogP) is 2.04. The van der Waals surface area contributed by atoms with Crippen molar-refractivity contribution in [1.29, 1.82) is 0 Å². The number of aryl methyl sites for hydroxylation is 1. The average Bonchev–Trinajstić information content (AvgIpc) is 2.46. The summed E-state index contributed by atoms with van der Waals surface area (Å²) in [6.07, 6.45) is 2.60. The largest absolute Gasteiger partial charge is 0.298 e. The zero-order chi connectivity index (χ0) is 9.42. The van der Waals surface area contributed by atoms with Crippen molar-refractivity contribution >= 4 is 28.8 Å². The van der Waals surface area contributed by atoms with E-state index >= 15 is 0 Å². The minimum absolute atomic E-state index is 0.514. The second kappa shape index (κ2) is 2.85. The number of hydrogen-bond donors (Lipinski definition) is 0. The van der Waals surface area contributed by atoms with Gasteiger partial charge in [-0.25, -0.2) is 0 Å². The van der Waals surface area contributed by atoms with Gasteiger partial charge in [-0.3, -0.25) is 9.48 Å². The highest BCUT2D eigenvalue weighted by Gasteiger charge is 2.04. The Labute approximate surface area is 79.9 Å². The summed E-state index contributed by atoms with van der Waals surface area (Å²) in [5.41, 5.74) is 1.31. The van der Waals surface area contributed by atoms with Gasteiger partial charge in [0.1, 0.15) is 11.8 Å². The fraction of sp³-hybridized carbons (Fsp3) is 0.111. The number of carbonyl (C=O) groups is 1. The lowest BCUT2D eigenvalue weighted by Gasteiger charge is -1.93. The quantitative estimate of drug-likeness (QED) is 0.652. The molecule has 4 heteroatoms. The third kappa shape index (κ3) is 1.31. The molecule has 13 heavy (non-hydrogen) atoms.